The van der Waals surface area contributed by atoms with Crippen LogP contribution in [-0.4, -0.2) is 37.2 Å². The Kier molecular flexibility index (Phi) is 5.58. The summed E-state index contributed by atoms with van der Waals surface area (Å²) in [6.07, 6.45) is 8.61. The van der Waals surface area contributed by atoms with Crippen molar-refractivity contribution in [1.29, 1.82) is 0 Å². The van der Waals surface area contributed by atoms with Gasteiger partial charge in [0.25, 0.3) is 0 Å². The molecule has 0 fully saturated rings. The maximum absolute atomic E-state index is 10.9. The van der Waals surface area contributed by atoms with Gasteiger partial charge < -0.3 is 4.74 Å². The van der Waals surface area contributed by atoms with Crippen LogP contribution in [-0.2, 0) is 10.0 Å². The summed E-state index contributed by atoms with van der Waals surface area (Å²) in [5.41, 5.74) is 0.874. The van der Waals surface area contributed by atoms with Gasteiger partial charge in [-0.1, -0.05) is 18.9 Å². The first-order valence-electron chi connectivity index (χ1n) is 7.06. The molecule has 0 aliphatic rings. The Labute approximate surface area is 125 Å². The second kappa shape index (κ2) is 7.42. The van der Waals surface area contributed by atoms with Crippen LogP contribution in [0.15, 0.2) is 30.6 Å². The van der Waals surface area contributed by atoms with E-state index < -0.39 is 10.0 Å². The number of rotatable bonds is 9. The molecule has 0 spiro atoms. The highest BCUT2D eigenvalue weighted by molar-refractivity contribution is 7.88. The summed E-state index contributed by atoms with van der Waals surface area (Å²) >= 11 is 0. The number of hydrogen-bond acceptors (Lipinski definition) is 4. The minimum atomic E-state index is -3.06. The normalized spacial score (nSPS) is 11.9. The quantitative estimate of drug-likeness (QED) is 0.717. The van der Waals surface area contributed by atoms with E-state index in [2.05, 4.69) is 9.71 Å². The number of hydrogen-bond donors (Lipinski definition) is 1. The van der Waals surface area contributed by atoms with Gasteiger partial charge in [-0.25, -0.2) is 18.1 Å². The Morgan fingerprint density at radius 2 is 2.05 bits per heavy atom. The average Bonchev–Trinajstić information content (AvgIpc) is 2.89. The summed E-state index contributed by atoms with van der Waals surface area (Å²) < 4.78 is 31.9. The summed E-state index contributed by atoms with van der Waals surface area (Å²) in [6, 6.07) is 5.78. The number of nitrogens with zero attached hydrogens (tertiary/aromatic N) is 2. The molecule has 1 N–H and O–H groups in total. The number of pyridine rings is 1. The number of imidazole rings is 1. The van der Waals surface area contributed by atoms with Crippen molar-refractivity contribution < 1.29 is 13.2 Å². The lowest BCUT2D eigenvalue weighted by Gasteiger charge is -2.08. The fourth-order valence-electron chi connectivity index (χ4n) is 2.05. The third-order valence-electron chi connectivity index (χ3n) is 3.08. The summed E-state index contributed by atoms with van der Waals surface area (Å²) in [4.78, 5) is 4.20. The van der Waals surface area contributed by atoms with Crippen LogP contribution in [0, 0.1) is 0 Å². The zero-order valence-electron chi connectivity index (χ0n) is 12.2. The fourth-order valence-corrected chi connectivity index (χ4v) is 2.57. The van der Waals surface area contributed by atoms with Crippen molar-refractivity contribution in [3.63, 3.8) is 0 Å². The van der Waals surface area contributed by atoms with Crippen LogP contribution < -0.4 is 9.46 Å². The van der Waals surface area contributed by atoms with Crippen LogP contribution in [0.25, 0.3) is 5.65 Å². The largest absolute Gasteiger partial charge is 0.479 e. The van der Waals surface area contributed by atoms with Crippen molar-refractivity contribution in [2.24, 2.45) is 0 Å². The average molecular weight is 311 g/mol. The highest BCUT2D eigenvalue weighted by atomic mass is 32.2. The van der Waals surface area contributed by atoms with E-state index >= 15 is 0 Å². The lowest BCUT2D eigenvalue weighted by Crippen LogP contribution is -2.22. The highest BCUT2D eigenvalue weighted by Crippen LogP contribution is 2.14. The van der Waals surface area contributed by atoms with E-state index in [1.54, 1.807) is 6.20 Å². The molecule has 2 aromatic rings. The maximum Gasteiger partial charge on any atom is 0.208 e. The van der Waals surface area contributed by atoms with Crippen molar-refractivity contribution in [1.82, 2.24) is 14.1 Å². The highest BCUT2D eigenvalue weighted by Gasteiger charge is 2.01. The number of fused-ring (bicyclic) bond motifs is 1. The van der Waals surface area contributed by atoms with Crippen LogP contribution in [0.3, 0.4) is 0 Å². The second-order valence-electron chi connectivity index (χ2n) is 4.95. The zero-order valence-corrected chi connectivity index (χ0v) is 13.0. The van der Waals surface area contributed by atoms with Gasteiger partial charge in [-0.05, 0) is 25.0 Å². The van der Waals surface area contributed by atoms with E-state index in [0.717, 1.165) is 37.2 Å². The van der Waals surface area contributed by atoms with Crippen molar-refractivity contribution in [3.05, 3.63) is 30.6 Å². The van der Waals surface area contributed by atoms with Crippen molar-refractivity contribution in [3.8, 4) is 5.88 Å². The molecule has 2 aromatic heterocycles. The molecule has 0 amide bonds. The standard InChI is InChI=1S/C14H21N3O3S/c1-21(18,19)16-9-4-2-3-5-12-20-14-8-6-7-13-15-10-11-17(13)14/h6-8,10-11,16H,2-5,9,12H2,1H3. The lowest BCUT2D eigenvalue weighted by atomic mass is 10.2. The Bertz CT molecular complexity index is 667. The molecular weight excluding hydrogens is 290 g/mol. The van der Waals surface area contributed by atoms with Gasteiger partial charge in [0.15, 0.2) is 5.88 Å². The Balaban J connectivity index is 1.61. The van der Waals surface area contributed by atoms with Gasteiger partial charge in [0.1, 0.15) is 5.65 Å². The van der Waals surface area contributed by atoms with Crippen LogP contribution in [0.2, 0.25) is 0 Å². The predicted octanol–water partition coefficient (Wildman–Crippen LogP) is 1.82. The third kappa shape index (κ3) is 5.35. The SMILES string of the molecule is CS(=O)(=O)NCCCCCCOc1cccc2nccn12. The van der Waals surface area contributed by atoms with E-state index in [1.165, 1.54) is 6.26 Å². The molecule has 0 radical (unpaired) electrons. The molecule has 21 heavy (non-hydrogen) atoms. The first kappa shape index (κ1) is 15.8. The number of ether oxygens (including phenoxy) is 1. The van der Waals surface area contributed by atoms with Gasteiger partial charge in [-0.3, -0.25) is 4.40 Å². The molecule has 116 valence electrons. The van der Waals surface area contributed by atoms with Gasteiger partial charge in [0.05, 0.1) is 12.9 Å². The summed E-state index contributed by atoms with van der Waals surface area (Å²) in [5, 5.41) is 0. The molecular formula is C14H21N3O3S. The van der Waals surface area contributed by atoms with Gasteiger partial charge in [0.2, 0.25) is 10.0 Å². The summed E-state index contributed by atoms with van der Waals surface area (Å²) in [5.74, 6) is 0.795. The zero-order chi connectivity index (χ0) is 15.1. The predicted molar refractivity (Wildman–Crippen MR) is 82.0 cm³/mol. The van der Waals surface area contributed by atoms with Crippen molar-refractivity contribution in [2.45, 2.75) is 25.7 Å². The smallest absolute Gasteiger partial charge is 0.208 e. The van der Waals surface area contributed by atoms with E-state index in [9.17, 15) is 8.42 Å². The fraction of sp³-hybridized carbons (Fsp3) is 0.500. The molecule has 2 rings (SSSR count). The summed E-state index contributed by atoms with van der Waals surface area (Å²) in [6.45, 7) is 1.16. The first-order chi connectivity index (χ1) is 10.1. The number of nitrogens with one attached hydrogen (secondary N) is 1. The molecule has 7 heteroatoms. The topological polar surface area (TPSA) is 72.7 Å². The van der Waals surface area contributed by atoms with E-state index in [4.69, 9.17) is 4.74 Å². The molecule has 2 heterocycles. The molecule has 0 saturated carbocycles. The number of sulfonamides is 1. The summed E-state index contributed by atoms with van der Waals surface area (Å²) in [7, 11) is -3.06. The minimum absolute atomic E-state index is 0.508. The Morgan fingerprint density at radius 1 is 1.24 bits per heavy atom. The molecule has 0 saturated heterocycles. The van der Waals surface area contributed by atoms with E-state index in [-0.39, 0.29) is 0 Å². The molecule has 0 unspecified atom stereocenters. The van der Waals surface area contributed by atoms with Gasteiger partial charge in [-0.15, -0.1) is 0 Å². The molecule has 0 bridgehead atoms. The van der Waals surface area contributed by atoms with Gasteiger partial charge in [-0.2, -0.15) is 0 Å². The monoisotopic (exact) mass is 311 g/mol. The Morgan fingerprint density at radius 3 is 2.86 bits per heavy atom. The van der Waals surface area contributed by atoms with Gasteiger partial charge in [0, 0.05) is 18.9 Å². The van der Waals surface area contributed by atoms with Crippen molar-refractivity contribution in [2.75, 3.05) is 19.4 Å². The molecule has 0 aliphatic carbocycles. The molecule has 6 nitrogen and oxygen atoms in total. The maximum atomic E-state index is 10.9. The van der Waals surface area contributed by atoms with E-state index in [0.29, 0.717) is 13.2 Å². The third-order valence-corrected chi connectivity index (χ3v) is 3.80. The number of aromatic nitrogens is 2. The van der Waals surface area contributed by atoms with Crippen LogP contribution in [0.4, 0.5) is 0 Å². The van der Waals surface area contributed by atoms with Crippen LogP contribution in [0.1, 0.15) is 25.7 Å². The lowest BCUT2D eigenvalue weighted by molar-refractivity contribution is 0.290. The minimum Gasteiger partial charge on any atom is -0.479 e. The molecule has 0 atom stereocenters. The van der Waals surface area contributed by atoms with Crippen LogP contribution in [0.5, 0.6) is 5.88 Å². The Hall–Kier alpha value is -1.60. The van der Waals surface area contributed by atoms with Crippen molar-refractivity contribution >= 4 is 15.7 Å². The van der Waals surface area contributed by atoms with Crippen LogP contribution >= 0.6 is 0 Å². The molecule has 0 aliphatic heterocycles. The molecule has 0 aromatic carbocycles. The first-order valence-corrected chi connectivity index (χ1v) is 8.95. The second-order valence-corrected chi connectivity index (χ2v) is 6.78. The van der Waals surface area contributed by atoms with Gasteiger partial charge >= 0.3 is 0 Å². The number of unbranched alkanes of at least 4 members (excludes halogenated alkanes) is 3. The van der Waals surface area contributed by atoms with E-state index in [1.807, 2.05) is 28.8 Å².